The molecular formula is C63H110O5. The Morgan fingerprint density at radius 3 is 1.09 bits per heavy atom. The fourth-order valence-corrected chi connectivity index (χ4v) is 8.16. The van der Waals surface area contributed by atoms with Gasteiger partial charge in [0.05, 0.1) is 6.61 Å². The van der Waals surface area contributed by atoms with Crippen LogP contribution in [0.5, 0.6) is 0 Å². The van der Waals surface area contributed by atoms with E-state index in [9.17, 15) is 9.59 Å². The van der Waals surface area contributed by atoms with Gasteiger partial charge in [0, 0.05) is 19.4 Å². The minimum absolute atomic E-state index is 0.0649. The van der Waals surface area contributed by atoms with Gasteiger partial charge in [-0.15, -0.1) is 0 Å². The van der Waals surface area contributed by atoms with Crippen molar-refractivity contribution >= 4 is 11.9 Å². The van der Waals surface area contributed by atoms with Crippen molar-refractivity contribution in [3.63, 3.8) is 0 Å². The van der Waals surface area contributed by atoms with Crippen molar-refractivity contribution in [2.24, 2.45) is 0 Å². The molecule has 0 heterocycles. The van der Waals surface area contributed by atoms with Crippen LogP contribution in [-0.4, -0.2) is 37.9 Å². The highest BCUT2D eigenvalue weighted by molar-refractivity contribution is 5.70. The summed E-state index contributed by atoms with van der Waals surface area (Å²) in [5.74, 6) is -0.441. The topological polar surface area (TPSA) is 61.8 Å². The minimum atomic E-state index is -0.565. The van der Waals surface area contributed by atoms with E-state index in [0.717, 1.165) is 89.9 Å². The zero-order valence-electron chi connectivity index (χ0n) is 45.1. The Bertz CT molecular complexity index is 1250. The highest BCUT2D eigenvalue weighted by Crippen LogP contribution is 2.16. The predicted octanol–water partition coefficient (Wildman–Crippen LogP) is 20.0. The van der Waals surface area contributed by atoms with Crippen molar-refractivity contribution < 1.29 is 23.8 Å². The van der Waals surface area contributed by atoms with Crippen LogP contribution in [0.2, 0.25) is 0 Å². The molecular weight excluding hydrogens is 837 g/mol. The van der Waals surface area contributed by atoms with Crippen LogP contribution in [0.4, 0.5) is 0 Å². The van der Waals surface area contributed by atoms with Crippen LogP contribution in [0.15, 0.2) is 85.1 Å². The Kier molecular flexibility index (Phi) is 55.9. The molecule has 5 heteroatoms. The highest BCUT2D eigenvalue weighted by Gasteiger charge is 2.17. The molecule has 0 radical (unpaired) electrons. The lowest BCUT2D eigenvalue weighted by atomic mass is 10.0. The van der Waals surface area contributed by atoms with Gasteiger partial charge in [-0.05, 0) is 89.9 Å². The van der Waals surface area contributed by atoms with Gasteiger partial charge in [-0.1, -0.05) is 260 Å². The molecule has 0 aliphatic carbocycles. The summed E-state index contributed by atoms with van der Waals surface area (Å²) in [5.41, 5.74) is 0. The smallest absolute Gasteiger partial charge is 0.306 e. The summed E-state index contributed by atoms with van der Waals surface area (Å²) in [4.78, 5) is 25.5. The molecule has 0 saturated carbocycles. The second-order valence-corrected chi connectivity index (χ2v) is 19.1. The van der Waals surface area contributed by atoms with Crippen LogP contribution in [0.25, 0.3) is 0 Å². The molecule has 0 amide bonds. The van der Waals surface area contributed by atoms with Crippen LogP contribution in [0.3, 0.4) is 0 Å². The number of unbranched alkanes of at least 4 members (excludes halogenated alkanes) is 28. The Balaban J connectivity index is 4.30. The van der Waals surface area contributed by atoms with Crippen molar-refractivity contribution in [2.75, 3.05) is 19.8 Å². The monoisotopic (exact) mass is 947 g/mol. The minimum Gasteiger partial charge on any atom is -0.462 e. The highest BCUT2D eigenvalue weighted by atomic mass is 16.6. The van der Waals surface area contributed by atoms with Crippen molar-refractivity contribution in [1.82, 2.24) is 0 Å². The zero-order valence-corrected chi connectivity index (χ0v) is 45.1. The third-order valence-electron chi connectivity index (χ3n) is 12.4. The first-order chi connectivity index (χ1) is 33.6. The van der Waals surface area contributed by atoms with E-state index >= 15 is 0 Å². The predicted molar refractivity (Wildman–Crippen MR) is 297 cm³/mol. The van der Waals surface area contributed by atoms with E-state index in [4.69, 9.17) is 14.2 Å². The van der Waals surface area contributed by atoms with E-state index in [-0.39, 0.29) is 25.2 Å². The largest absolute Gasteiger partial charge is 0.462 e. The molecule has 0 saturated heterocycles. The van der Waals surface area contributed by atoms with Gasteiger partial charge in [0.1, 0.15) is 6.61 Å². The molecule has 0 aromatic rings. The summed E-state index contributed by atoms with van der Waals surface area (Å²) in [6.45, 7) is 7.58. The average molecular weight is 948 g/mol. The van der Waals surface area contributed by atoms with Gasteiger partial charge in [0.2, 0.25) is 0 Å². The molecule has 0 spiro atoms. The molecule has 0 aromatic heterocycles. The molecule has 0 bridgehead atoms. The number of allylic oxidation sites excluding steroid dienone is 14. The van der Waals surface area contributed by atoms with Crippen LogP contribution in [-0.2, 0) is 23.8 Å². The van der Waals surface area contributed by atoms with Gasteiger partial charge >= 0.3 is 11.9 Å². The summed E-state index contributed by atoms with van der Waals surface area (Å²) in [6, 6.07) is 0. The van der Waals surface area contributed by atoms with Gasteiger partial charge in [-0.25, -0.2) is 0 Å². The van der Waals surface area contributed by atoms with Crippen LogP contribution >= 0.6 is 0 Å². The summed E-state index contributed by atoms with van der Waals surface area (Å²) in [5, 5.41) is 0. The lowest BCUT2D eigenvalue weighted by Crippen LogP contribution is -2.30. The fraction of sp³-hybridized carbons (Fsp3) is 0.746. The third-order valence-corrected chi connectivity index (χ3v) is 12.4. The van der Waals surface area contributed by atoms with Gasteiger partial charge in [-0.2, -0.15) is 0 Å². The number of hydrogen-bond acceptors (Lipinski definition) is 5. The number of ether oxygens (including phenoxy) is 3. The maximum absolute atomic E-state index is 12.8. The lowest BCUT2D eigenvalue weighted by Gasteiger charge is -2.18. The Labute approximate surface area is 422 Å². The Morgan fingerprint density at radius 1 is 0.338 bits per heavy atom. The second kappa shape index (κ2) is 58.4. The molecule has 0 aliphatic heterocycles. The van der Waals surface area contributed by atoms with E-state index < -0.39 is 6.10 Å². The van der Waals surface area contributed by atoms with Gasteiger partial charge in [0.15, 0.2) is 6.10 Å². The normalized spacial score (nSPS) is 12.8. The molecule has 0 aliphatic rings. The second-order valence-electron chi connectivity index (χ2n) is 19.1. The first-order valence-electron chi connectivity index (χ1n) is 29.1. The fourth-order valence-electron chi connectivity index (χ4n) is 8.16. The summed E-state index contributed by atoms with van der Waals surface area (Å²) < 4.78 is 17.4. The molecule has 5 nitrogen and oxygen atoms in total. The maximum atomic E-state index is 12.8. The number of hydrogen-bond donors (Lipinski definition) is 0. The number of rotatable bonds is 53. The van der Waals surface area contributed by atoms with Gasteiger partial charge in [0.25, 0.3) is 0 Å². The summed E-state index contributed by atoms with van der Waals surface area (Å²) >= 11 is 0. The molecule has 1 atom stereocenters. The van der Waals surface area contributed by atoms with E-state index in [1.165, 1.54) is 154 Å². The van der Waals surface area contributed by atoms with Crippen LogP contribution < -0.4 is 0 Å². The van der Waals surface area contributed by atoms with Crippen molar-refractivity contribution in [3.05, 3.63) is 85.1 Å². The standard InChI is InChI=1S/C63H110O5/c1-4-7-10-13-16-19-22-25-28-30-32-33-36-38-41-44-47-50-53-56-62(64)67-60-61(68-63(65)57-54-51-48-45-42-39-35-27-24-21-18-15-12-9-6-3)59-66-58-55-52-49-46-43-40-37-34-31-29-26-23-20-17-14-11-8-5-2/h8-9,11-12,17-18,20-21,26-27,29,35,42,45,61H,4-7,10,13-16,19,22-25,28,30-34,36-41,43-44,46-60H2,1-3H3/b11-8-,12-9-,20-17-,21-18-,29-26-,35-27-,45-42-. The quantitative estimate of drug-likeness (QED) is 0.0345. The Hall–Kier alpha value is -2.92. The average Bonchev–Trinajstić information content (AvgIpc) is 3.34. The number of carbonyl (C=O) groups excluding carboxylic acids is 2. The summed E-state index contributed by atoms with van der Waals surface area (Å²) in [6.07, 6.45) is 77.6. The lowest BCUT2D eigenvalue weighted by molar-refractivity contribution is -0.163. The van der Waals surface area contributed by atoms with E-state index in [1.54, 1.807) is 0 Å². The maximum Gasteiger partial charge on any atom is 0.306 e. The van der Waals surface area contributed by atoms with Crippen molar-refractivity contribution in [2.45, 2.75) is 284 Å². The molecule has 1 unspecified atom stereocenters. The van der Waals surface area contributed by atoms with Gasteiger partial charge in [-0.3, -0.25) is 9.59 Å². The summed E-state index contributed by atoms with van der Waals surface area (Å²) in [7, 11) is 0. The van der Waals surface area contributed by atoms with Crippen molar-refractivity contribution in [3.8, 4) is 0 Å². The van der Waals surface area contributed by atoms with Gasteiger partial charge < -0.3 is 14.2 Å². The molecule has 0 aromatic carbocycles. The zero-order chi connectivity index (χ0) is 49.2. The molecule has 0 N–H and O–H groups in total. The van der Waals surface area contributed by atoms with Crippen LogP contribution in [0.1, 0.15) is 278 Å². The van der Waals surface area contributed by atoms with E-state index in [2.05, 4.69) is 106 Å². The first-order valence-corrected chi connectivity index (χ1v) is 29.1. The van der Waals surface area contributed by atoms with E-state index in [0.29, 0.717) is 19.4 Å². The number of carbonyl (C=O) groups is 2. The SMILES string of the molecule is CC/C=C\C/C=C\C/C=C\C/C=C\CCCCC(=O)OC(COCCCCCCCCCC/C=C\C/C=C\C/C=C\CC)COC(=O)CCCCCCCCCCCCCCCCCCCCC. The van der Waals surface area contributed by atoms with E-state index in [1.807, 2.05) is 0 Å². The number of esters is 2. The molecule has 68 heavy (non-hydrogen) atoms. The van der Waals surface area contributed by atoms with Crippen LogP contribution in [0, 0.1) is 0 Å². The molecule has 392 valence electrons. The van der Waals surface area contributed by atoms with Crippen molar-refractivity contribution in [1.29, 1.82) is 0 Å². The Morgan fingerprint density at radius 2 is 0.662 bits per heavy atom. The third kappa shape index (κ3) is 55.7. The molecule has 0 rings (SSSR count). The first kappa shape index (κ1) is 65.1. The molecule has 0 fully saturated rings.